The molecule has 0 saturated carbocycles. The van der Waals surface area contributed by atoms with Crippen molar-refractivity contribution in [3.8, 4) is 22.6 Å². The first-order chi connectivity index (χ1) is 12.3. The van der Waals surface area contributed by atoms with Gasteiger partial charge >= 0.3 is 0 Å². The first-order valence-electron chi connectivity index (χ1n) is 8.55. The minimum atomic E-state index is 0.663. The lowest BCUT2D eigenvalue weighted by atomic mass is 10.0. The van der Waals surface area contributed by atoms with Crippen LogP contribution >= 0.6 is 11.8 Å². The van der Waals surface area contributed by atoms with Crippen molar-refractivity contribution in [3.63, 3.8) is 0 Å². The van der Waals surface area contributed by atoms with Crippen LogP contribution in [-0.4, -0.2) is 57.7 Å². The fraction of sp³-hybridized carbons (Fsp3) is 0.400. The Kier molecular flexibility index (Phi) is 6.62. The Morgan fingerprint density at radius 2 is 1.84 bits per heavy atom. The lowest BCUT2D eigenvalue weighted by Crippen LogP contribution is -2.38. The number of benzene rings is 2. The summed E-state index contributed by atoms with van der Waals surface area (Å²) in [6.07, 6.45) is 2.10. The van der Waals surface area contributed by atoms with Crippen molar-refractivity contribution >= 4 is 11.8 Å². The van der Waals surface area contributed by atoms with E-state index in [1.807, 2.05) is 6.07 Å². The molecule has 0 amide bonds. The van der Waals surface area contributed by atoms with Crippen molar-refractivity contribution in [3.05, 3.63) is 42.5 Å². The van der Waals surface area contributed by atoms with Crippen LogP contribution in [0.4, 0.5) is 0 Å². The van der Waals surface area contributed by atoms with Crippen molar-refractivity contribution in [2.75, 3.05) is 52.8 Å². The fourth-order valence-electron chi connectivity index (χ4n) is 2.93. The molecule has 0 aliphatic carbocycles. The Hall–Kier alpha value is -1.69. The van der Waals surface area contributed by atoms with Gasteiger partial charge in [0, 0.05) is 30.6 Å². The molecule has 1 fully saturated rings. The van der Waals surface area contributed by atoms with E-state index in [9.17, 15) is 0 Å². The normalized spacial score (nSPS) is 15.1. The summed E-state index contributed by atoms with van der Waals surface area (Å²) in [5, 5.41) is 0. The Bertz CT molecular complexity index is 686. The molecular formula is C20H25NO3S. The zero-order valence-electron chi connectivity index (χ0n) is 14.9. The van der Waals surface area contributed by atoms with Gasteiger partial charge in [-0.1, -0.05) is 18.2 Å². The summed E-state index contributed by atoms with van der Waals surface area (Å²) >= 11 is 1.75. The van der Waals surface area contributed by atoms with Crippen LogP contribution in [0.5, 0.6) is 11.5 Å². The molecule has 25 heavy (non-hydrogen) atoms. The highest BCUT2D eigenvalue weighted by atomic mass is 32.2. The van der Waals surface area contributed by atoms with Crippen molar-refractivity contribution in [2.24, 2.45) is 0 Å². The molecule has 0 aromatic heterocycles. The van der Waals surface area contributed by atoms with Gasteiger partial charge in [-0.25, -0.2) is 0 Å². The molecule has 1 heterocycles. The topological polar surface area (TPSA) is 30.9 Å². The Labute approximate surface area is 154 Å². The molecular weight excluding hydrogens is 334 g/mol. The van der Waals surface area contributed by atoms with E-state index < -0.39 is 0 Å². The number of morpholine rings is 1. The molecule has 2 aromatic rings. The van der Waals surface area contributed by atoms with Gasteiger partial charge in [-0.2, -0.15) is 0 Å². The molecule has 1 aliphatic rings. The van der Waals surface area contributed by atoms with Gasteiger partial charge in [0.05, 0.1) is 20.3 Å². The zero-order chi connectivity index (χ0) is 17.5. The highest BCUT2D eigenvalue weighted by Crippen LogP contribution is 2.35. The summed E-state index contributed by atoms with van der Waals surface area (Å²) in [6.45, 7) is 5.17. The van der Waals surface area contributed by atoms with E-state index in [4.69, 9.17) is 14.2 Å². The first kappa shape index (κ1) is 18.1. The van der Waals surface area contributed by atoms with Gasteiger partial charge < -0.3 is 14.2 Å². The summed E-state index contributed by atoms with van der Waals surface area (Å²) in [5.74, 6) is 1.66. The van der Waals surface area contributed by atoms with Gasteiger partial charge in [0.15, 0.2) is 0 Å². The van der Waals surface area contributed by atoms with Gasteiger partial charge in [-0.05, 0) is 35.6 Å². The second-order valence-electron chi connectivity index (χ2n) is 5.90. The van der Waals surface area contributed by atoms with E-state index in [2.05, 4.69) is 47.6 Å². The van der Waals surface area contributed by atoms with E-state index in [1.165, 1.54) is 10.5 Å². The number of hydrogen-bond donors (Lipinski definition) is 0. The largest absolute Gasteiger partial charge is 0.497 e. The number of thioether (sulfide) groups is 1. The standard InChI is InChI=1S/C20H25NO3S/c1-22-17-13-16(19-5-3-4-6-20(19)25-2)14-18(15-17)24-12-9-21-7-10-23-11-8-21/h3-6,13-15H,7-12H2,1-2H3. The number of methoxy groups -OCH3 is 1. The predicted molar refractivity (Wildman–Crippen MR) is 103 cm³/mol. The van der Waals surface area contributed by atoms with Gasteiger partial charge in [0.1, 0.15) is 18.1 Å². The molecule has 1 aliphatic heterocycles. The lowest BCUT2D eigenvalue weighted by molar-refractivity contribution is 0.0322. The maximum Gasteiger partial charge on any atom is 0.123 e. The second-order valence-corrected chi connectivity index (χ2v) is 6.75. The van der Waals surface area contributed by atoms with E-state index in [-0.39, 0.29) is 0 Å². The molecule has 4 nitrogen and oxygen atoms in total. The molecule has 0 atom stereocenters. The molecule has 0 bridgehead atoms. The fourth-order valence-corrected chi connectivity index (χ4v) is 3.55. The van der Waals surface area contributed by atoms with E-state index in [0.29, 0.717) is 6.61 Å². The van der Waals surface area contributed by atoms with Crippen LogP contribution in [0.15, 0.2) is 47.4 Å². The minimum absolute atomic E-state index is 0.663. The van der Waals surface area contributed by atoms with Crippen molar-refractivity contribution in [1.29, 1.82) is 0 Å². The Morgan fingerprint density at radius 3 is 2.60 bits per heavy atom. The number of hydrogen-bond acceptors (Lipinski definition) is 5. The second kappa shape index (κ2) is 9.13. The van der Waals surface area contributed by atoms with Gasteiger partial charge in [0.2, 0.25) is 0 Å². The maximum absolute atomic E-state index is 6.02. The number of ether oxygens (including phenoxy) is 3. The number of nitrogens with zero attached hydrogens (tertiary/aromatic N) is 1. The maximum atomic E-state index is 6.02. The summed E-state index contributed by atoms with van der Waals surface area (Å²) in [5.41, 5.74) is 2.32. The van der Waals surface area contributed by atoms with Crippen molar-refractivity contribution in [1.82, 2.24) is 4.90 Å². The quantitative estimate of drug-likeness (QED) is 0.702. The summed E-state index contributed by atoms with van der Waals surface area (Å²) < 4.78 is 16.9. The van der Waals surface area contributed by atoms with Crippen molar-refractivity contribution < 1.29 is 14.2 Å². The van der Waals surface area contributed by atoms with Crippen LogP contribution in [0.2, 0.25) is 0 Å². The van der Waals surface area contributed by atoms with Gasteiger partial charge in [0.25, 0.3) is 0 Å². The first-order valence-corrected chi connectivity index (χ1v) is 9.78. The van der Waals surface area contributed by atoms with Crippen molar-refractivity contribution in [2.45, 2.75) is 4.90 Å². The molecule has 0 radical (unpaired) electrons. The monoisotopic (exact) mass is 359 g/mol. The molecule has 3 rings (SSSR count). The Morgan fingerprint density at radius 1 is 1.08 bits per heavy atom. The third-order valence-electron chi connectivity index (χ3n) is 4.31. The molecule has 0 spiro atoms. The van der Waals surface area contributed by atoms with Gasteiger partial charge in [-0.15, -0.1) is 11.8 Å². The predicted octanol–water partition coefficient (Wildman–Crippen LogP) is 3.80. The third-order valence-corrected chi connectivity index (χ3v) is 5.11. The Balaban J connectivity index is 1.73. The smallest absolute Gasteiger partial charge is 0.123 e. The lowest BCUT2D eigenvalue weighted by Gasteiger charge is -2.26. The van der Waals surface area contributed by atoms with Crippen LogP contribution in [-0.2, 0) is 4.74 Å². The third kappa shape index (κ3) is 4.91. The van der Waals surface area contributed by atoms with E-state index >= 15 is 0 Å². The highest BCUT2D eigenvalue weighted by molar-refractivity contribution is 7.98. The summed E-state index contributed by atoms with van der Waals surface area (Å²) in [7, 11) is 1.69. The number of rotatable bonds is 7. The van der Waals surface area contributed by atoms with E-state index in [0.717, 1.165) is 49.9 Å². The van der Waals surface area contributed by atoms with E-state index in [1.54, 1.807) is 18.9 Å². The highest BCUT2D eigenvalue weighted by Gasteiger charge is 2.11. The SMILES string of the molecule is COc1cc(OCCN2CCOCC2)cc(-c2ccccc2SC)c1. The van der Waals surface area contributed by atoms with Crippen LogP contribution in [0.3, 0.4) is 0 Å². The molecule has 0 unspecified atom stereocenters. The molecule has 5 heteroatoms. The average molecular weight is 359 g/mol. The molecule has 0 N–H and O–H groups in total. The van der Waals surface area contributed by atoms with Crippen LogP contribution in [0.1, 0.15) is 0 Å². The summed E-state index contributed by atoms with van der Waals surface area (Å²) in [6, 6.07) is 14.5. The molecule has 2 aromatic carbocycles. The van der Waals surface area contributed by atoms with Gasteiger partial charge in [-0.3, -0.25) is 4.90 Å². The average Bonchev–Trinajstić information content (AvgIpc) is 2.68. The van der Waals surface area contributed by atoms with Crippen LogP contribution < -0.4 is 9.47 Å². The molecule has 134 valence electrons. The minimum Gasteiger partial charge on any atom is -0.497 e. The van der Waals surface area contributed by atoms with Crippen LogP contribution in [0, 0.1) is 0 Å². The summed E-state index contributed by atoms with van der Waals surface area (Å²) in [4.78, 5) is 3.61. The zero-order valence-corrected chi connectivity index (χ0v) is 15.7. The van der Waals surface area contributed by atoms with Crippen LogP contribution in [0.25, 0.3) is 11.1 Å². The molecule has 1 saturated heterocycles.